The Hall–Kier alpha value is -1.02. The van der Waals surface area contributed by atoms with Crippen molar-refractivity contribution in [3.05, 3.63) is 30.3 Å². The van der Waals surface area contributed by atoms with Gasteiger partial charge in [0.25, 0.3) is 0 Å². The molecule has 26 heavy (non-hydrogen) atoms. The molecule has 1 heterocycles. The van der Waals surface area contributed by atoms with Crippen LogP contribution < -0.4 is 10.1 Å². The molecule has 3 rings (SSSR count). The number of hydrogen-bond acceptors (Lipinski definition) is 3. The average Bonchev–Trinajstić information content (AvgIpc) is 3.49. The number of piperidine rings is 1. The molecule has 1 saturated heterocycles. The number of benzene rings is 1. The number of likely N-dealkylation sites (N-methyl/N-ethyl adjacent to an activating group) is 1. The van der Waals surface area contributed by atoms with E-state index >= 15 is 0 Å². The van der Waals surface area contributed by atoms with Crippen LogP contribution in [0, 0.1) is 0 Å². The number of likely N-dealkylation sites (tertiary alicyclic amines) is 1. The maximum atomic E-state index is 6.08. The van der Waals surface area contributed by atoms with Crippen LogP contribution in [0.1, 0.15) is 32.6 Å². The predicted octanol–water partition coefficient (Wildman–Crippen LogP) is 3.21. The second-order valence-corrected chi connectivity index (χ2v) is 6.95. The van der Waals surface area contributed by atoms with Gasteiger partial charge in [-0.1, -0.05) is 25.1 Å². The summed E-state index contributed by atoms with van der Waals surface area (Å²) in [5.74, 6) is 2.01. The van der Waals surface area contributed by atoms with Crippen LogP contribution in [0.4, 0.5) is 0 Å². The van der Waals surface area contributed by atoms with E-state index in [0.29, 0.717) is 6.10 Å². The fraction of sp³-hybridized carbons (Fsp3) is 0.650. The molecule has 0 radical (unpaired) electrons. The number of halogens is 1. The van der Waals surface area contributed by atoms with E-state index in [-0.39, 0.29) is 24.0 Å². The lowest BCUT2D eigenvalue weighted by Gasteiger charge is -2.34. The maximum absolute atomic E-state index is 6.08. The van der Waals surface area contributed by atoms with Gasteiger partial charge in [0.1, 0.15) is 11.9 Å². The lowest BCUT2D eigenvalue weighted by molar-refractivity contribution is 0.129. The van der Waals surface area contributed by atoms with E-state index in [9.17, 15) is 0 Å². The normalized spacial score (nSPS) is 18.6. The van der Waals surface area contributed by atoms with Gasteiger partial charge in [0.05, 0.1) is 0 Å². The third kappa shape index (κ3) is 6.30. The van der Waals surface area contributed by atoms with Crippen LogP contribution in [0.3, 0.4) is 0 Å². The van der Waals surface area contributed by atoms with Crippen LogP contribution in [0.25, 0.3) is 0 Å². The summed E-state index contributed by atoms with van der Waals surface area (Å²) in [5.41, 5.74) is 0. The molecule has 2 aliphatic rings. The summed E-state index contributed by atoms with van der Waals surface area (Å²) in [4.78, 5) is 9.41. The smallest absolute Gasteiger partial charge is 0.193 e. The van der Waals surface area contributed by atoms with E-state index in [2.05, 4.69) is 27.0 Å². The van der Waals surface area contributed by atoms with Crippen molar-refractivity contribution >= 4 is 29.9 Å². The van der Waals surface area contributed by atoms with Gasteiger partial charge < -0.3 is 15.0 Å². The van der Waals surface area contributed by atoms with Crippen LogP contribution in [0.15, 0.2) is 35.3 Å². The third-order valence-electron chi connectivity index (χ3n) is 5.15. The number of aliphatic imine (C=N–C) groups is 1. The molecule has 0 amide bonds. The molecular formula is C20H33IN4O. The second-order valence-electron chi connectivity index (χ2n) is 6.95. The van der Waals surface area contributed by atoms with Gasteiger partial charge in [0.15, 0.2) is 5.96 Å². The maximum Gasteiger partial charge on any atom is 0.193 e. The standard InChI is InChI=1S/C20H32N4O.HI/c1-3-23(17-9-10-17)16-13-22-20(21-2)24-14-11-19(12-15-24)25-18-7-5-4-6-8-18;/h4-8,17,19H,3,9-16H2,1-2H3,(H,21,22);1H. The largest absolute Gasteiger partial charge is 0.490 e. The van der Waals surface area contributed by atoms with Crippen LogP contribution in [0.2, 0.25) is 0 Å². The summed E-state index contributed by atoms with van der Waals surface area (Å²) in [6.07, 6.45) is 5.13. The minimum absolute atomic E-state index is 0. The van der Waals surface area contributed by atoms with Gasteiger partial charge in [-0.2, -0.15) is 0 Å². The van der Waals surface area contributed by atoms with Crippen LogP contribution in [-0.4, -0.2) is 67.7 Å². The first-order valence-corrected chi connectivity index (χ1v) is 9.71. The zero-order chi connectivity index (χ0) is 17.5. The van der Waals surface area contributed by atoms with Gasteiger partial charge in [-0.25, -0.2) is 0 Å². The fourth-order valence-corrected chi connectivity index (χ4v) is 3.56. The summed E-state index contributed by atoms with van der Waals surface area (Å²) in [6, 6.07) is 11.0. The molecule has 2 fully saturated rings. The molecular weight excluding hydrogens is 439 g/mol. The minimum atomic E-state index is 0. The minimum Gasteiger partial charge on any atom is -0.490 e. The van der Waals surface area contributed by atoms with E-state index in [1.54, 1.807) is 0 Å². The van der Waals surface area contributed by atoms with Crippen LogP contribution in [-0.2, 0) is 0 Å². The number of hydrogen-bond donors (Lipinski definition) is 1. The Morgan fingerprint density at radius 3 is 2.46 bits per heavy atom. The van der Waals surface area contributed by atoms with Gasteiger partial charge in [0.2, 0.25) is 0 Å². The Balaban J connectivity index is 0.00000243. The van der Waals surface area contributed by atoms with Crippen LogP contribution >= 0.6 is 24.0 Å². The summed E-state index contributed by atoms with van der Waals surface area (Å²) < 4.78 is 6.08. The zero-order valence-corrected chi connectivity index (χ0v) is 18.4. The highest BCUT2D eigenvalue weighted by atomic mass is 127. The first-order valence-electron chi connectivity index (χ1n) is 9.71. The van der Waals surface area contributed by atoms with Crippen LogP contribution in [0.5, 0.6) is 5.75 Å². The first-order chi connectivity index (χ1) is 12.3. The highest BCUT2D eigenvalue weighted by Crippen LogP contribution is 2.25. The number of ether oxygens (including phenoxy) is 1. The molecule has 0 unspecified atom stereocenters. The van der Waals surface area contributed by atoms with Gasteiger partial charge >= 0.3 is 0 Å². The molecule has 1 aromatic carbocycles. The predicted molar refractivity (Wildman–Crippen MR) is 119 cm³/mol. The third-order valence-corrected chi connectivity index (χ3v) is 5.15. The SMILES string of the molecule is CCN(CCNC(=NC)N1CCC(Oc2ccccc2)CC1)C1CC1.I. The first kappa shape index (κ1) is 21.3. The van der Waals surface area contributed by atoms with Crippen molar-refractivity contribution in [3.63, 3.8) is 0 Å². The zero-order valence-electron chi connectivity index (χ0n) is 16.1. The summed E-state index contributed by atoms with van der Waals surface area (Å²) in [7, 11) is 1.88. The molecule has 6 heteroatoms. The van der Waals surface area contributed by atoms with E-state index in [0.717, 1.165) is 63.3 Å². The second kappa shape index (κ2) is 11.0. The Labute approximate surface area is 175 Å². The van der Waals surface area contributed by atoms with Gasteiger partial charge in [-0.3, -0.25) is 9.89 Å². The van der Waals surface area contributed by atoms with Gasteiger partial charge in [-0.15, -0.1) is 24.0 Å². The Kier molecular flexibility index (Phi) is 8.98. The Morgan fingerprint density at radius 2 is 1.88 bits per heavy atom. The molecule has 0 bridgehead atoms. The molecule has 1 aliphatic carbocycles. The van der Waals surface area contributed by atoms with E-state index in [1.165, 1.54) is 12.8 Å². The lowest BCUT2D eigenvalue weighted by atomic mass is 10.1. The average molecular weight is 472 g/mol. The van der Waals surface area contributed by atoms with Gasteiger partial charge in [0, 0.05) is 52.1 Å². The highest BCUT2D eigenvalue weighted by Gasteiger charge is 2.27. The summed E-state index contributed by atoms with van der Waals surface area (Å²) in [6.45, 7) is 7.47. The van der Waals surface area contributed by atoms with E-state index in [1.807, 2.05) is 37.4 Å². The molecule has 146 valence electrons. The number of nitrogens with one attached hydrogen (secondary N) is 1. The molecule has 0 aromatic heterocycles. The topological polar surface area (TPSA) is 40.1 Å². The van der Waals surface area contributed by atoms with Crippen molar-refractivity contribution in [3.8, 4) is 5.75 Å². The number of guanidine groups is 1. The Morgan fingerprint density at radius 1 is 1.19 bits per heavy atom. The highest BCUT2D eigenvalue weighted by molar-refractivity contribution is 14.0. The van der Waals surface area contributed by atoms with E-state index < -0.39 is 0 Å². The van der Waals surface area contributed by atoms with Crippen molar-refractivity contribution in [1.82, 2.24) is 15.1 Å². The fourth-order valence-electron chi connectivity index (χ4n) is 3.56. The molecule has 0 atom stereocenters. The number of rotatable bonds is 7. The summed E-state index contributed by atoms with van der Waals surface area (Å²) in [5, 5.41) is 3.54. The molecule has 1 N–H and O–H groups in total. The van der Waals surface area contributed by atoms with E-state index in [4.69, 9.17) is 4.74 Å². The molecule has 1 aromatic rings. The molecule has 5 nitrogen and oxygen atoms in total. The number of nitrogens with zero attached hydrogens (tertiary/aromatic N) is 3. The Bertz CT molecular complexity index is 542. The monoisotopic (exact) mass is 472 g/mol. The van der Waals surface area contributed by atoms with Crippen molar-refractivity contribution in [1.29, 1.82) is 0 Å². The lowest BCUT2D eigenvalue weighted by Crippen LogP contribution is -2.49. The van der Waals surface area contributed by atoms with Crippen molar-refractivity contribution in [2.45, 2.75) is 44.8 Å². The molecule has 1 saturated carbocycles. The van der Waals surface area contributed by atoms with Gasteiger partial charge in [-0.05, 0) is 31.5 Å². The number of para-hydroxylation sites is 1. The van der Waals surface area contributed by atoms with Crippen molar-refractivity contribution in [2.75, 3.05) is 39.8 Å². The molecule has 1 aliphatic heterocycles. The van der Waals surface area contributed by atoms with Crippen molar-refractivity contribution in [2.24, 2.45) is 4.99 Å². The quantitative estimate of drug-likeness (QED) is 0.376. The van der Waals surface area contributed by atoms with Crippen molar-refractivity contribution < 1.29 is 4.74 Å². The molecule has 0 spiro atoms. The summed E-state index contributed by atoms with van der Waals surface area (Å²) >= 11 is 0.